The minimum absolute atomic E-state index is 0.205. The van der Waals surface area contributed by atoms with Crippen LogP contribution in [0.5, 0.6) is 17.2 Å². The molecule has 7 nitrogen and oxygen atoms in total. The van der Waals surface area contributed by atoms with E-state index in [9.17, 15) is 4.79 Å². The van der Waals surface area contributed by atoms with Crippen LogP contribution < -0.4 is 19.8 Å². The predicted octanol–water partition coefficient (Wildman–Crippen LogP) is 8.82. The number of nitrogens with zero attached hydrogens (tertiary/aromatic N) is 3. The van der Waals surface area contributed by atoms with Crippen LogP contribution in [-0.2, 0) is 6.61 Å². The number of benzene rings is 4. The number of hydrogen-bond donors (Lipinski definition) is 0. The molecule has 5 rings (SSSR count). The Hall–Kier alpha value is -4.43. The molecule has 0 amide bonds. The lowest BCUT2D eigenvalue weighted by Gasteiger charge is -2.18. The number of fused-ring (bicyclic) bond motifs is 1. The van der Waals surface area contributed by atoms with Crippen LogP contribution in [0.15, 0.2) is 87.2 Å². The van der Waals surface area contributed by atoms with Crippen molar-refractivity contribution in [1.29, 1.82) is 0 Å². The molecule has 4 aromatic carbocycles. The van der Waals surface area contributed by atoms with E-state index in [1.54, 1.807) is 12.3 Å². The standard InChI is InChI=1S/C37H38BrN3O4/c1-7-43-33-17-25(6)30(20-29(33)23(3)4)36-40-32-12-10-9-11-28(32)37(42)41(36)39-21-27-18-31(38)35(34(19-27)44-8-2)45-22-26-15-13-24(5)14-16-26/h9-21,23H,7-8,22H2,1-6H3. The van der Waals surface area contributed by atoms with Crippen LogP contribution in [0, 0.1) is 13.8 Å². The third-order valence-electron chi connectivity index (χ3n) is 7.43. The number of aromatic nitrogens is 2. The fourth-order valence-corrected chi connectivity index (χ4v) is 5.68. The minimum atomic E-state index is -0.256. The van der Waals surface area contributed by atoms with Gasteiger partial charge >= 0.3 is 0 Å². The summed E-state index contributed by atoms with van der Waals surface area (Å²) in [5.74, 6) is 2.68. The first kappa shape index (κ1) is 32.0. The number of aryl methyl sites for hydroxylation is 2. The normalized spacial score (nSPS) is 11.5. The van der Waals surface area contributed by atoms with Gasteiger partial charge < -0.3 is 14.2 Å². The zero-order valence-corrected chi connectivity index (χ0v) is 28.1. The lowest BCUT2D eigenvalue weighted by Crippen LogP contribution is -2.21. The van der Waals surface area contributed by atoms with Gasteiger partial charge in [-0.25, -0.2) is 4.98 Å². The molecular formula is C37H38BrN3O4. The van der Waals surface area contributed by atoms with E-state index in [1.807, 2.05) is 69.3 Å². The highest BCUT2D eigenvalue weighted by molar-refractivity contribution is 9.10. The van der Waals surface area contributed by atoms with Crippen molar-refractivity contribution in [3.63, 3.8) is 0 Å². The summed E-state index contributed by atoms with van der Waals surface area (Å²) in [7, 11) is 0. The molecule has 0 saturated carbocycles. The highest BCUT2D eigenvalue weighted by Gasteiger charge is 2.19. The van der Waals surface area contributed by atoms with E-state index < -0.39 is 0 Å². The summed E-state index contributed by atoms with van der Waals surface area (Å²) < 4.78 is 20.2. The molecule has 0 bridgehead atoms. The molecule has 0 spiro atoms. The molecule has 45 heavy (non-hydrogen) atoms. The van der Waals surface area contributed by atoms with Gasteiger partial charge in [0, 0.05) is 5.56 Å². The second kappa shape index (κ2) is 14.1. The van der Waals surface area contributed by atoms with Gasteiger partial charge in [0.25, 0.3) is 5.56 Å². The summed E-state index contributed by atoms with van der Waals surface area (Å²) >= 11 is 3.67. The van der Waals surface area contributed by atoms with Crippen molar-refractivity contribution in [3.8, 4) is 28.6 Å². The molecule has 8 heteroatoms. The first-order valence-electron chi connectivity index (χ1n) is 15.2. The molecule has 232 valence electrons. The molecule has 0 fully saturated rings. The van der Waals surface area contributed by atoms with Gasteiger partial charge in [0.2, 0.25) is 0 Å². The van der Waals surface area contributed by atoms with Gasteiger partial charge in [-0.05, 0) is 108 Å². The summed E-state index contributed by atoms with van der Waals surface area (Å²) in [6.07, 6.45) is 1.64. The number of ether oxygens (including phenoxy) is 3. The quantitative estimate of drug-likeness (QED) is 0.132. The fraction of sp³-hybridized carbons (Fsp3) is 0.270. The minimum Gasteiger partial charge on any atom is -0.494 e. The van der Waals surface area contributed by atoms with Gasteiger partial charge in [-0.15, -0.1) is 0 Å². The second-order valence-corrected chi connectivity index (χ2v) is 12.0. The van der Waals surface area contributed by atoms with E-state index in [4.69, 9.17) is 24.3 Å². The smallest absolute Gasteiger partial charge is 0.282 e. The predicted molar refractivity (Wildman–Crippen MR) is 185 cm³/mol. The Balaban J connectivity index is 1.59. The summed E-state index contributed by atoms with van der Waals surface area (Å²) in [5, 5.41) is 5.21. The molecule has 0 aliphatic rings. The molecule has 0 unspecified atom stereocenters. The van der Waals surface area contributed by atoms with Crippen LogP contribution >= 0.6 is 15.9 Å². The number of para-hydroxylation sites is 1. The summed E-state index contributed by atoms with van der Waals surface area (Å²) in [6, 6.07) is 23.4. The summed E-state index contributed by atoms with van der Waals surface area (Å²) in [4.78, 5) is 18.9. The van der Waals surface area contributed by atoms with Crippen molar-refractivity contribution in [2.45, 2.75) is 54.1 Å². The van der Waals surface area contributed by atoms with Crippen LogP contribution in [0.1, 0.15) is 61.4 Å². The Morgan fingerprint density at radius 1 is 0.911 bits per heavy atom. The summed E-state index contributed by atoms with van der Waals surface area (Å²) in [6.45, 7) is 13.6. The Bertz CT molecular complexity index is 1910. The lowest BCUT2D eigenvalue weighted by molar-refractivity contribution is 0.267. The highest BCUT2D eigenvalue weighted by Crippen LogP contribution is 2.38. The first-order chi connectivity index (χ1) is 21.7. The Labute approximate surface area is 272 Å². The molecule has 0 atom stereocenters. The van der Waals surface area contributed by atoms with Crippen LogP contribution in [0.25, 0.3) is 22.3 Å². The third-order valence-corrected chi connectivity index (χ3v) is 8.02. The topological polar surface area (TPSA) is 74.9 Å². The van der Waals surface area contributed by atoms with Crippen molar-refractivity contribution in [1.82, 2.24) is 9.66 Å². The monoisotopic (exact) mass is 667 g/mol. The Kier molecular flexibility index (Phi) is 10.0. The Morgan fingerprint density at radius 2 is 1.62 bits per heavy atom. The number of rotatable bonds is 11. The molecule has 0 aliphatic carbocycles. The van der Waals surface area contributed by atoms with Gasteiger partial charge in [0.05, 0.1) is 34.8 Å². The van der Waals surface area contributed by atoms with Crippen LogP contribution in [0.4, 0.5) is 0 Å². The van der Waals surface area contributed by atoms with Crippen molar-refractivity contribution in [2.75, 3.05) is 13.2 Å². The molecule has 0 saturated heterocycles. The highest BCUT2D eigenvalue weighted by atomic mass is 79.9. The fourth-order valence-electron chi connectivity index (χ4n) is 5.11. The molecule has 0 radical (unpaired) electrons. The van der Waals surface area contributed by atoms with Gasteiger partial charge in [-0.2, -0.15) is 9.78 Å². The molecule has 0 N–H and O–H groups in total. The molecule has 1 aromatic heterocycles. The average Bonchev–Trinajstić information content (AvgIpc) is 3.01. The lowest BCUT2D eigenvalue weighted by atomic mass is 9.96. The Morgan fingerprint density at radius 3 is 2.33 bits per heavy atom. The third kappa shape index (κ3) is 7.12. The van der Waals surface area contributed by atoms with Crippen LogP contribution in [0.2, 0.25) is 0 Å². The van der Waals surface area contributed by atoms with Gasteiger partial charge in [-0.1, -0.05) is 55.8 Å². The van der Waals surface area contributed by atoms with Gasteiger partial charge in [0.1, 0.15) is 12.4 Å². The van der Waals surface area contributed by atoms with Crippen molar-refractivity contribution in [3.05, 3.63) is 115 Å². The number of halogens is 1. The van der Waals surface area contributed by atoms with E-state index in [0.717, 1.165) is 38.0 Å². The van der Waals surface area contributed by atoms with E-state index in [-0.39, 0.29) is 11.5 Å². The first-order valence-corrected chi connectivity index (χ1v) is 16.0. The zero-order valence-electron chi connectivity index (χ0n) is 26.6. The zero-order chi connectivity index (χ0) is 32.1. The molecule has 5 aromatic rings. The van der Waals surface area contributed by atoms with Crippen molar-refractivity contribution >= 4 is 33.0 Å². The van der Waals surface area contributed by atoms with E-state index in [0.29, 0.717) is 48.0 Å². The molecule has 0 aliphatic heterocycles. The summed E-state index contributed by atoms with van der Waals surface area (Å²) in [5.41, 5.74) is 6.13. The van der Waals surface area contributed by atoms with E-state index >= 15 is 0 Å². The maximum absolute atomic E-state index is 13.9. The SMILES string of the molecule is CCOc1cc(C)c(-c2nc3ccccc3c(=O)n2N=Cc2cc(Br)c(OCc3ccc(C)cc3)c(OCC)c2)cc1C(C)C. The largest absolute Gasteiger partial charge is 0.494 e. The maximum Gasteiger partial charge on any atom is 0.282 e. The average molecular weight is 669 g/mol. The number of hydrogen-bond acceptors (Lipinski definition) is 6. The van der Waals surface area contributed by atoms with E-state index in [2.05, 4.69) is 54.9 Å². The van der Waals surface area contributed by atoms with Crippen molar-refractivity contribution in [2.24, 2.45) is 5.10 Å². The maximum atomic E-state index is 13.9. The second-order valence-electron chi connectivity index (χ2n) is 11.1. The van der Waals surface area contributed by atoms with E-state index in [1.165, 1.54) is 10.2 Å². The van der Waals surface area contributed by atoms with Gasteiger partial charge in [-0.3, -0.25) is 4.79 Å². The molecule has 1 heterocycles. The van der Waals surface area contributed by atoms with Crippen molar-refractivity contribution < 1.29 is 14.2 Å². The van der Waals surface area contributed by atoms with Gasteiger partial charge in [0.15, 0.2) is 17.3 Å². The molecular weight excluding hydrogens is 630 g/mol. The van der Waals surface area contributed by atoms with Crippen LogP contribution in [-0.4, -0.2) is 29.1 Å². The van der Waals surface area contributed by atoms with Crippen LogP contribution in [0.3, 0.4) is 0 Å².